The quantitative estimate of drug-likeness (QED) is 0.251. The third kappa shape index (κ3) is 10.6. The van der Waals surface area contributed by atoms with Crippen LogP contribution in [0.2, 0.25) is 5.15 Å². The number of pyridine rings is 2. The molecule has 49 heavy (non-hydrogen) atoms. The summed E-state index contributed by atoms with van der Waals surface area (Å²) in [7, 11) is 0. The van der Waals surface area contributed by atoms with Gasteiger partial charge in [0.25, 0.3) is 11.8 Å². The lowest BCUT2D eigenvalue weighted by Gasteiger charge is -2.31. The third-order valence-electron chi connectivity index (χ3n) is 8.01. The number of nitrogens with one attached hydrogen (secondary N) is 2. The number of hydrogen-bond acceptors (Lipinski definition) is 8. The molecule has 0 saturated carbocycles. The average molecular weight is 721 g/mol. The van der Waals surface area contributed by atoms with Gasteiger partial charge in [-0.05, 0) is 62.3 Å². The van der Waals surface area contributed by atoms with Crippen LogP contribution in [0.1, 0.15) is 60.2 Å². The molecule has 0 unspecified atom stereocenters. The molecule has 2 fully saturated rings. The number of likely N-dealkylation sites (tertiary alicyclic amines) is 2. The molecule has 2 aliphatic heterocycles. The predicted molar refractivity (Wildman–Crippen MR) is 177 cm³/mol. The van der Waals surface area contributed by atoms with Gasteiger partial charge in [-0.3, -0.25) is 19.2 Å². The van der Waals surface area contributed by atoms with Gasteiger partial charge in [0, 0.05) is 57.0 Å². The standard InChI is InChI=1S/C20H21F2N3O3S.C13H15ClFN3O2/c1-12(26)25-7-5-14(6-8-25)24-19(27)16-9-13(21)11-23-20(16)28-18-4-3-15(29-2)10-17(18)22;1-8(19)18-4-2-10(3-5-18)17-13(20)11-6-9(15)7-16-12(11)14/h3-4,9-11,14H,5-8H2,1-2H3,(H,24,27);6-7,10H,2-5H2,1H3,(H,17,20). The maximum Gasteiger partial charge on any atom is 0.257 e. The number of halogens is 4. The summed E-state index contributed by atoms with van der Waals surface area (Å²) in [5, 5.41) is 5.59. The lowest BCUT2D eigenvalue weighted by molar-refractivity contribution is -0.130. The van der Waals surface area contributed by atoms with Crippen LogP contribution in [-0.2, 0) is 9.59 Å². The lowest BCUT2D eigenvalue weighted by atomic mass is 10.0. The van der Waals surface area contributed by atoms with Gasteiger partial charge in [0.2, 0.25) is 17.7 Å². The van der Waals surface area contributed by atoms with Gasteiger partial charge in [-0.15, -0.1) is 11.8 Å². The minimum Gasteiger partial charge on any atom is -0.435 e. The van der Waals surface area contributed by atoms with E-state index >= 15 is 0 Å². The highest BCUT2D eigenvalue weighted by Crippen LogP contribution is 2.29. The first kappa shape index (κ1) is 37.4. The number of ether oxygens (including phenoxy) is 1. The number of aromatic nitrogens is 2. The molecule has 0 spiro atoms. The second kappa shape index (κ2) is 17.3. The zero-order valence-electron chi connectivity index (χ0n) is 27.1. The van der Waals surface area contributed by atoms with Crippen LogP contribution in [0.3, 0.4) is 0 Å². The van der Waals surface area contributed by atoms with Gasteiger partial charge in [0.15, 0.2) is 11.6 Å². The Morgan fingerprint density at radius 3 is 1.78 bits per heavy atom. The molecule has 2 aromatic heterocycles. The van der Waals surface area contributed by atoms with Crippen molar-refractivity contribution < 1.29 is 37.1 Å². The summed E-state index contributed by atoms with van der Waals surface area (Å²) in [6, 6.07) is 6.29. The largest absolute Gasteiger partial charge is 0.435 e. The Morgan fingerprint density at radius 2 is 1.29 bits per heavy atom. The van der Waals surface area contributed by atoms with Crippen molar-refractivity contribution in [2.45, 2.75) is 56.5 Å². The molecule has 16 heteroatoms. The smallest absolute Gasteiger partial charge is 0.257 e. The summed E-state index contributed by atoms with van der Waals surface area (Å²) < 4.78 is 46.5. The van der Waals surface area contributed by atoms with E-state index in [-0.39, 0.29) is 51.8 Å². The fourth-order valence-electron chi connectivity index (χ4n) is 5.25. The van der Waals surface area contributed by atoms with E-state index in [0.717, 1.165) is 29.4 Å². The van der Waals surface area contributed by atoms with E-state index in [0.29, 0.717) is 51.9 Å². The van der Waals surface area contributed by atoms with Crippen LogP contribution in [0.4, 0.5) is 13.2 Å². The number of carbonyl (C=O) groups excluding carboxylic acids is 4. The molecular weight excluding hydrogens is 685 g/mol. The Bertz CT molecular complexity index is 1690. The molecule has 0 bridgehead atoms. The highest BCUT2D eigenvalue weighted by molar-refractivity contribution is 7.98. The first-order chi connectivity index (χ1) is 23.3. The van der Waals surface area contributed by atoms with E-state index in [1.165, 1.54) is 37.7 Å². The van der Waals surface area contributed by atoms with E-state index in [2.05, 4.69) is 20.6 Å². The molecule has 0 aliphatic carbocycles. The minimum atomic E-state index is -0.702. The van der Waals surface area contributed by atoms with E-state index in [9.17, 15) is 32.3 Å². The fourth-order valence-corrected chi connectivity index (χ4v) is 5.87. The molecule has 262 valence electrons. The van der Waals surface area contributed by atoms with Crippen LogP contribution in [-0.4, -0.2) is 87.9 Å². The van der Waals surface area contributed by atoms with Crippen molar-refractivity contribution in [3.05, 3.63) is 76.5 Å². The summed E-state index contributed by atoms with van der Waals surface area (Å²) in [4.78, 5) is 58.9. The summed E-state index contributed by atoms with van der Waals surface area (Å²) in [5.74, 6) is -3.17. The molecule has 4 amide bonds. The molecule has 2 aliphatic rings. The van der Waals surface area contributed by atoms with Crippen LogP contribution in [0.15, 0.2) is 47.6 Å². The van der Waals surface area contributed by atoms with Crippen molar-refractivity contribution in [3.8, 4) is 11.6 Å². The number of thioether (sulfide) groups is 1. The number of benzene rings is 1. The minimum absolute atomic E-state index is 0.00527. The molecule has 1 aromatic carbocycles. The molecule has 11 nitrogen and oxygen atoms in total. The maximum atomic E-state index is 14.2. The van der Waals surface area contributed by atoms with Crippen molar-refractivity contribution in [2.75, 3.05) is 32.4 Å². The first-order valence-electron chi connectivity index (χ1n) is 15.4. The number of amides is 4. The Balaban J connectivity index is 0.000000237. The second-order valence-corrected chi connectivity index (χ2v) is 12.6. The summed E-state index contributed by atoms with van der Waals surface area (Å²) >= 11 is 7.16. The van der Waals surface area contributed by atoms with Gasteiger partial charge in [-0.1, -0.05) is 11.6 Å². The summed E-state index contributed by atoms with van der Waals surface area (Å²) in [5.41, 5.74) is -0.0898. The Labute approximate surface area is 290 Å². The van der Waals surface area contributed by atoms with Gasteiger partial charge < -0.3 is 25.2 Å². The lowest BCUT2D eigenvalue weighted by Crippen LogP contribution is -2.46. The average Bonchev–Trinajstić information content (AvgIpc) is 3.08. The highest BCUT2D eigenvalue weighted by Gasteiger charge is 2.26. The van der Waals surface area contributed by atoms with Crippen molar-refractivity contribution in [3.63, 3.8) is 0 Å². The Hall–Kier alpha value is -4.37. The molecule has 2 saturated heterocycles. The Morgan fingerprint density at radius 1 is 0.796 bits per heavy atom. The topological polar surface area (TPSA) is 134 Å². The highest BCUT2D eigenvalue weighted by atomic mass is 35.5. The van der Waals surface area contributed by atoms with Gasteiger partial charge >= 0.3 is 0 Å². The van der Waals surface area contributed by atoms with E-state index in [1.807, 2.05) is 6.26 Å². The zero-order valence-corrected chi connectivity index (χ0v) is 28.7. The van der Waals surface area contributed by atoms with Crippen molar-refractivity contribution in [1.82, 2.24) is 30.4 Å². The molecule has 0 atom stereocenters. The molecule has 2 N–H and O–H groups in total. The predicted octanol–water partition coefficient (Wildman–Crippen LogP) is 5.23. The molecule has 5 rings (SSSR count). The van der Waals surface area contributed by atoms with Crippen LogP contribution < -0.4 is 15.4 Å². The molecular formula is C33H36ClF3N6O5S. The monoisotopic (exact) mass is 720 g/mol. The van der Waals surface area contributed by atoms with Gasteiger partial charge in [0.1, 0.15) is 22.4 Å². The van der Waals surface area contributed by atoms with E-state index in [1.54, 1.807) is 15.9 Å². The van der Waals surface area contributed by atoms with Crippen LogP contribution in [0.5, 0.6) is 11.6 Å². The normalized spacial score (nSPS) is 15.2. The number of piperidine rings is 2. The second-order valence-electron chi connectivity index (χ2n) is 11.4. The number of carbonyl (C=O) groups is 4. The molecule has 3 aromatic rings. The third-order valence-corrected chi connectivity index (χ3v) is 9.04. The summed E-state index contributed by atoms with van der Waals surface area (Å²) in [6.07, 6.45) is 6.22. The van der Waals surface area contributed by atoms with Crippen LogP contribution >= 0.6 is 23.4 Å². The number of rotatable bonds is 7. The van der Waals surface area contributed by atoms with Crippen molar-refractivity contribution in [2.24, 2.45) is 0 Å². The fraction of sp³-hybridized carbons (Fsp3) is 0.394. The van der Waals surface area contributed by atoms with Gasteiger partial charge in [-0.2, -0.15) is 0 Å². The maximum absolute atomic E-state index is 14.2. The van der Waals surface area contributed by atoms with E-state index < -0.39 is 29.3 Å². The Kier molecular flexibility index (Phi) is 13.2. The zero-order chi connectivity index (χ0) is 35.7. The molecule has 4 heterocycles. The van der Waals surface area contributed by atoms with Gasteiger partial charge in [0.05, 0.1) is 18.0 Å². The van der Waals surface area contributed by atoms with Crippen LogP contribution in [0.25, 0.3) is 0 Å². The number of hydrogen-bond donors (Lipinski definition) is 2. The number of nitrogens with zero attached hydrogens (tertiary/aromatic N) is 4. The molecule has 0 radical (unpaired) electrons. The van der Waals surface area contributed by atoms with Gasteiger partial charge in [-0.25, -0.2) is 23.1 Å². The summed E-state index contributed by atoms with van der Waals surface area (Å²) in [6.45, 7) is 5.32. The van der Waals surface area contributed by atoms with Crippen LogP contribution in [0, 0.1) is 17.5 Å². The van der Waals surface area contributed by atoms with Crippen molar-refractivity contribution >= 4 is 47.0 Å². The SMILES string of the molecule is CC(=O)N1CCC(NC(=O)c2cc(F)cnc2Cl)CC1.CSc1ccc(Oc2ncc(F)cc2C(=O)NC2CCN(C(C)=O)CC2)c(F)c1. The van der Waals surface area contributed by atoms with Crippen molar-refractivity contribution in [1.29, 1.82) is 0 Å². The first-order valence-corrected chi connectivity index (χ1v) is 17.1. The van der Waals surface area contributed by atoms with E-state index in [4.69, 9.17) is 16.3 Å².